The van der Waals surface area contributed by atoms with Crippen molar-refractivity contribution in [2.75, 3.05) is 51.3 Å². The number of rotatable bonds is 12. The van der Waals surface area contributed by atoms with Crippen LogP contribution in [-0.2, 0) is 15.4 Å². The van der Waals surface area contributed by atoms with Gasteiger partial charge in [-0.25, -0.2) is 13.1 Å². The van der Waals surface area contributed by atoms with Crippen molar-refractivity contribution in [3.05, 3.63) is 126 Å². The summed E-state index contributed by atoms with van der Waals surface area (Å²) in [5.74, 6) is 0.912. The van der Waals surface area contributed by atoms with Crippen LogP contribution in [0.5, 0.6) is 5.75 Å². The summed E-state index contributed by atoms with van der Waals surface area (Å²) in [6, 6.07) is 35.9. The summed E-state index contributed by atoms with van der Waals surface area (Å²) in [5.41, 5.74) is 3.89. The first-order valence-electron chi connectivity index (χ1n) is 14.7. The fraction of sp³-hybridized carbons (Fsp3) is 0.314. The largest absolute Gasteiger partial charge is 0.495 e. The lowest BCUT2D eigenvalue weighted by Crippen LogP contribution is -2.47. The lowest BCUT2D eigenvalue weighted by atomic mass is 9.71. The highest BCUT2D eigenvalue weighted by Gasteiger charge is 2.35. The molecule has 0 atom stereocenters. The minimum absolute atomic E-state index is 0. The molecule has 1 fully saturated rings. The van der Waals surface area contributed by atoms with E-state index in [1.54, 1.807) is 19.2 Å². The molecule has 0 amide bonds. The Kier molecular flexibility index (Phi) is 11.3. The van der Waals surface area contributed by atoms with Crippen LogP contribution in [-0.4, -0.2) is 59.7 Å². The molecular weight excluding hydrogens is 578 g/mol. The van der Waals surface area contributed by atoms with Gasteiger partial charge in [0.25, 0.3) is 0 Å². The number of anilines is 1. The number of sulfonamides is 1. The second-order valence-corrected chi connectivity index (χ2v) is 12.8. The van der Waals surface area contributed by atoms with E-state index in [2.05, 4.69) is 50.9 Å². The van der Waals surface area contributed by atoms with Gasteiger partial charge in [-0.15, -0.1) is 12.4 Å². The third-order valence-electron chi connectivity index (χ3n) is 8.42. The SMILES string of the molecule is COc1ccccc1N1CCN(CCCC(CNS(=O)(=O)c2ccc(C)cc2)(c2ccccc2)c2ccccc2)CC1.Cl. The Bertz CT molecular complexity index is 1490. The summed E-state index contributed by atoms with van der Waals surface area (Å²) in [5, 5.41) is 0. The molecule has 1 aliphatic heterocycles. The zero-order chi connectivity index (χ0) is 29.4. The fourth-order valence-electron chi connectivity index (χ4n) is 5.99. The predicted molar refractivity (Wildman–Crippen MR) is 178 cm³/mol. The molecule has 0 spiro atoms. The minimum Gasteiger partial charge on any atom is -0.495 e. The van der Waals surface area contributed by atoms with Crippen LogP contribution in [0.4, 0.5) is 5.69 Å². The van der Waals surface area contributed by atoms with E-state index >= 15 is 0 Å². The highest BCUT2D eigenvalue weighted by molar-refractivity contribution is 7.89. The van der Waals surface area contributed by atoms with Crippen LogP contribution in [0.3, 0.4) is 0 Å². The molecule has 0 saturated carbocycles. The normalized spacial score (nSPS) is 14.2. The lowest BCUT2D eigenvalue weighted by Gasteiger charge is -2.38. The van der Waals surface area contributed by atoms with E-state index in [1.807, 2.05) is 67.6 Å². The number of nitrogens with one attached hydrogen (secondary N) is 1. The first-order valence-corrected chi connectivity index (χ1v) is 16.2. The Morgan fingerprint density at radius 1 is 0.767 bits per heavy atom. The molecule has 8 heteroatoms. The Morgan fingerprint density at radius 2 is 1.33 bits per heavy atom. The van der Waals surface area contributed by atoms with Gasteiger partial charge in [0.15, 0.2) is 0 Å². The van der Waals surface area contributed by atoms with Crippen molar-refractivity contribution >= 4 is 28.1 Å². The second kappa shape index (κ2) is 14.9. The first-order chi connectivity index (χ1) is 20.4. The van der Waals surface area contributed by atoms with E-state index in [0.29, 0.717) is 0 Å². The highest BCUT2D eigenvalue weighted by atomic mass is 35.5. The van der Waals surface area contributed by atoms with E-state index in [-0.39, 0.29) is 23.8 Å². The molecule has 228 valence electrons. The van der Waals surface area contributed by atoms with Crippen LogP contribution in [0.2, 0.25) is 0 Å². The fourth-order valence-corrected chi connectivity index (χ4v) is 7.09. The zero-order valence-electron chi connectivity index (χ0n) is 25.0. The van der Waals surface area contributed by atoms with Crippen molar-refractivity contribution in [3.63, 3.8) is 0 Å². The van der Waals surface area contributed by atoms with Gasteiger partial charge in [-0.1, -0.05) is 90.5 Å². The molecule has 43 heavy (non-hydrogen) atoms. The Labute approximate surface area is 263 Å². The summed E-state index contributed by atoms with van der Waals surface area (Å²) < 4.78 is 35.5. The van der Waals surface area contributed by atoms with E-state index in [4.69, 9.17) is 4.74 Å². The van der Waals surface area contributed by atoms with E-state index < -0.39 is 15.4 Å². The number of piperazine rings is 1. The second-order valence-electron chi connectivity index (χ2n) is 11.1. The third kappa shape index (κ3) is 7.78. The van der Waals surface area contributed by atoms with Crippen molar-refractivity contribution in [3.8, 4) is 5.75 Å². The molecule has 0 bridgehead atoms. The van der Waals surface area contributed by atoms with Crippen LogP contribution in [0, 0.1) is 6.92 Å². The zero-order valence-corrected chi connectivity index (χ0v) is 26.6. The predicted octanol–water partition coefficient (Wildman–Crippen LogP) is 6.29. The number of hydrogen-bond donors (Lipinski definition) is 1. The quantitative estimate of drug-likeness (QED) is 0.202. The van der Waals surface area contributed by atoms with Crippen LogP contribution in [0.15, 0.2) is 114 Å². The number of nitrogens with zero attached hydrogens (tertiary/aromatic N) is 2. The Hall–Kier alpha value is -3.36. The van der Waals surface area contributed by atoms with Crippen LogP contribution < -0.4 is 14.4 Å². The number of para-hydroxylation sites is 2. The molecule has 0 unspecified atom stereocenters. The standard InChI is InChI=1S/C35H41N3O3S.ClH/c1-29-18-20-32(21-19-29)42(39,40)36-28-35(30-12-5-3-6-13-30,31-14-7-4-8-15-31)22-11-23-37-24-26-38(27-25-37)33-16-9-10-17-34(33)41-2;/h3-10,12-21,36H,11,22-28H2,1-2H3;1H. The maximum absolute atomic E-state index is 13.4. The number of benzene rings is 4. The molecular formula is C35H42ClN3O3S. The third-order valence-corrected chi connectivity index (χ3v) is 9.84. The van der Waals surface area contributed by atoms with Gasteiger partial charge in [-0.2, -0.15) is 0 Å². The maximum atomic E-state index is 13.4. The lowest BCUT2D eigenvalue weighted by molar-refractivity contribution is 0.244. The van der Waals surface area contributed by atoms with Crippen LogP contribution in [0.25, 0.3) is 0 Å². The summed E-state index contributed by atoms with van der Waals surface area (Å²) in [6.07, 6.45) is 1.74. The Balaban J connectivity index is 0.00000423. The number of ether oxygens (including phenoxy) is 1. The molecule has 1 aliphatic rings. The molecule has 6 nitrogen and oxygen atoms in total. The van der Waals surface area contributed by atoms with Crippen LogP contribution in [0.1, 0.15) is 29.5 Å². The van der Waals surface area contributed by atoms with Crippen LogP contribution >= 0.6 is 12.4 Å². The van der Waals surface area contributed by atoms with Gasteiger partial charge in [0.2, 0.25) is 10.0 Å². The van der Waals surface area contributed by atoms with Gasteiger partial charge in [-0.05, 0) is 61.7 Å². The molecule has 0 radical (unpaired) electrons. The van der Waals surface area contributed by atoms with Crippen molar-refractivity contribution in [2.45, 2.75) is 30.1 Å². The summed E-state index contributed by atoms with van der Waals surface area (Å²) in [4.78, 5) is 5.20. The van der Waals surface area contributed by atoms with Gasteiger partial charge in [0, 0.05) is 38.1 Å². The minimum atomic E-state index is -3.69. The van der Waals surface area contributed by atoms with Crippen molar-refractivity contribution in [1.82, 2.24) is 9.62 Å². The van der Waals surface area contributed by atoms with Gasteiger partial charge >= 0.3 is 0 Å². The van der Waals surface area contributed by atoms with Gasteiger partial charge < -0.3 is 9.64 Å². The van der Waals surface area contributed by atoms with Gasteiger partial charge in [0.05, 0.1) is 17.7 Å². The molecule has 5 rings (SSSR count). The molecule has 4 aromatic rings. The number of methoxy groups -OCH3 is 1. The monoisotopic (exact) mass is 619 g/mol. The van der Waals surface area contributed by atoms with E-state index in [9.17, 15) is 8.42 Å². The first kappa shape index (κ1) is 32.6. The maximum Gasteiger partial charge on any atom is 0.240 e. The summed E-state index contributed by atoms with van der Waals surface area (Å²) in [7, 11) is -1.96. The van der Waals surface area contributed by atoms with E-state index in [1.165, 1.54) is 0 Å². The van der Waals surface area contributed by atoms with Gasteiger partial charge in [-0.3, -0.25) is 4.90 Å². The van der Waals surface area contributed by atoms with Crippen molar-refractivity contribution in [1.29, 1.82) is 0 Å². The average Bonchev–Trinajstić information content (AvgIpc) is 3.04. The molecule has 1 N–H and O–H groups in total. The molecule has 4 aromatic carbocycles. The average molecular weight is 620 g/mol. The summed E-state index contributed by atoms with van der Waals surface area (Å²) >= 11 is 0. The number of aryl methyl sites for hydroxylation is 1. The molecule has 0 aliphatic carbocycles. The smallest absolute Gasteiger partial charge is 0.240 e. The molecule has 1 heterocycles. The highest BCUT2D eigenvalue weighted by Crippen LogP contribution is 2.37. The topological polar surface area (TPSA) is 61.9 Å². The van der Waals surface area contributed by atoms with Crippen molar-refractivity contribution < 1.29 is 13.2 Å². The van der Waals surface area contributed by atoms with Crippen molar-refractivity contribution in [2.24, 2.45) is 0 Å². The number of halogens is 1. The Morgan fingerprint density at radius 3 is 1.91 bits per heavy atom. The van der Waals surface area contributed by atoms with Gasteiger partial charge in [0.1, 0.15) is 5.75 Å². The summed E-state index contributed by atoms with van der Waals surface area (Å²) in [6.45, 7) is 7.02. The molecule has 1 saturated heterocycles. The van der Waals surface area contributed by atoms with E-state index in [0.717, 1.165) is 73.7 Å². The number of hydrogen-bond acceptors (Lipinski definition) is 5. The molecule has 0 aromatic heterocycles.